The predicted molar refractivity (Wildman–Crippen MR) is 128 cm³/mol. The van der Waals surface area contributed by atoms with Crippen LogP contribution in [-0.2, 0) is 9.59 Å². The molecule has 0 aromatic heterocycles. The van der Waals surface area contributed by atoms with Crippen molar-refractivity contribution in [1.29, 1.82) is 0 Å². The molecular weight excluding hydrogens is 430 g/mol. The SMILES string of the molecule is CN(C)C(=O)c1cccc(-c2ccc([C@H]3[C@H](CO)N4C(=O)CN(C(=O)CC5CC5)C[C@@H]34)cc2)c1. The van der Waals surface area contributed by atoms with E-state index >= 15 is 0 Å². The Morgan fingerprint density at radius 3 is 2.44 bits per heavy atom. The second-order valence-electron chi connectivity index (χ2n) is 9.97. The van der Waals surface area contributed by atoms with Gasteiger partial charge in [0.2, 0.25) is 11.8 Å². The van der Waals surface area contributed by atoms with Crippen LogP contribution in [0.5, 0.6) is 0 Å². The number of fused-ring (bicyclic) bond motifs is 1. The summed E-state index contributed by atoms with van der Waals surface area (Å²) in [6, 6.07) is 15.3. The molecule has 5 rings (SSSR count). The van der Waals surface area contributed by atoms with Crippen LogP contribution < -0.4 is 0 Å². The highest BCUT2D eigenvalue weighted by molar-refractivity contribution is 5.95. The van der Waals surface area contributed by atoms with E-state index in [1.165, 1.54) is 0 Å². The Balaban J connectivity index is 1.35. The third kappa shape index (κ3) is 4.09. The molecule has 3 fully saturated rings. The molecule has 1 N–H and O–H groups in total. The van der Waals surface area contributed by atoms with Gasteiger partial charge in [0, 0.05) is 38.5 Å². The molecule has 7 nitrogen and oxygen atoms in total. The monoisotopic (exact) mass is 461 g/mol. The second-order valence-corrected chi connectivity index (χ2v) is 9.97. The zero-order valence-corrected chi connectivity index (χ0v) is 19.7. The Labute approximate surface area is 200 Å². The Morgan fingerprint density at radius 2 is 1.79 bits per heavy atom. The van der Waals surface area contributed by atoms with E-state index in [4.69, 9.17) is 0 Å². The molecule has 3 aliphatic rings. The summed E-state index contributed by atoms with van der Waals surface area (Å²) in [4.78, 5) is 42.8. The van der Waals surface area contributed by atoms with Crippen molar-refractivity contribution >= 4 is 17.7 Å². The summed E-state index contributed by atoms with van der Waals surface area (Å²) >= 11 is 0. The maximum absolute atomic E-state index is 12.8. The van der Waals surface area contributed by atoms with E-state index in [1.54, 1.807) is 28.8 Å². The quantitative estimate of drug-likeness (QED) is 0.716. The predicted octanol–water partition coefficient (Wildman–Crippen LogP) is 2.35. The molecule has 3 amide bonds. The highest BCUT2D eigenvalue weighted by Gasteiger charge is 2.54. The molecule has 1 aliphatic carbocycles. The summed E-state index contributed by atoms with van der Waals surface area (Å²) in [5.74, 6) is 0.434. The number of hydrogen-bond donors (Lipinski definition) is 1. The van der Waals surface area contributed by atoms with Crippen molar-refractivity contribution in [3.05, 3.63) is 59.7 Å². The van der Waals surface area contributed by atoms with E-state index in [0.717, 1.165) is 29.5 Å². The van der Waals surface area contributed by atoms with Crippen LogP contribution in [0.4, 0.5) is 0 Å². The molecular formula is C27H31N3O4. The van der Waals surface area contributed by atoms with Gasteiger partial charge in [-0.3, -0.25) is 14.4 Å². The number of nitrogens with zero attached hydrogens (tertiary/aromatic N) is 3. The zero-order valence-electron chi connectivity index (χ0n) is 19.7. The Kier molecular flexibility index (Phi) is 5.90. The molecule has 0 spiro atoms. The molecule has 2 aromatic carbocycles. The summed E-state index contributed by atoms with van der Waals surface area (Å²) in [6.07, 6.45) is 2.76. The first-order valence-corrected chi connectivity index (χ1v) is 12.0. The summed E-state index contributed by atoms with van der Waals surface area (Å²) < 4.78 is 0. The number of rotatable bonds is 6. The van der Waals surface area contributed by atoms with Gasteiger partial charge in [0.1, 0.15) is 0 Å². The molecule has 0 unspecified atom stereocenters. The standard InChI is InChI=1S/C27H31N3O4/c1-28(2)27(34)21-5-3-4-20(13-21)18-8-10-19(11-9-18)26-22-14-29(24(32)12-17-6-7-17)15-25(33)30(22)23(26)16-31/h3-5,8-11,13,17,22-23,26,31H,6-7,12,14-16H2,1-2H3/t22-,23-,26+/m0/s1. The van der Waals surface area contributed by atoms with Gasteiger partial charge < -0.3 is 19.8 Å². The summed E-state index contributed by atoms with van der Waals surface area (Å²) in [5.41, 5.74) is 3.64. The molecule has 7 heteroatoms. The molecule has 0 radical (unpaired) electrons. The fourth-order valence-electron chi connectivity index (χ4n) is 5.38. The fraction of sp³-hybridized carbons (Fsp3) is 0.444. The van der Waals surface area contributed by atoms with Crippen molar-refractivity contribution in [3.8, 4) is 11.1 Å². The first kappa shape index (κ1) is 22.6. The van der Waals surface area contributed by atoms with Crippen molar-refractivity contribution < 1.29 is 19.5 Å². The Morgan fingerprint density at radius 1 is 1.06 bits per heavy atom. The lowest BCUT2D eigenvalue weighted by Crippen LogP contribution is -2.73. The van der Waals surface area contributed by atoms with Crippen LogP contribution in [0.1, 0.15) is 41.1 Å². The lowest BCUT2D eigenvalue weighted by atomic mass is 9.73. The topological polar surface area (TPSA) is 81.2 Å². The number of aliphatic hydroxyl groups is 1. The second kappa shape index (κ2) is 8.87. The van der Waals surface area contributed by atoms with Crippen molar-refractivity contribution in [1.82, 2.24) is 14.7 Å². The van der Waals surface area contributed by atoms with Gasteiger partial charge in [0.05, 0.1) is 25.2 Å². The number of hydrogen-bond acceptors (Lipinski definition) is 4. The summed E-state index contributed by atoms with van der Waals surface area (Å²) in [7, 11) is 3.47. The van der Waals surface area contributed by atoms with E-state index in [2.05, 4.69) is 0 Å². The third-order valence-corrected chi connectivity index (χ3v) is 7.41. The van der Waals surface area contributed by atoms with Gasteiger partial charge in [0.15, 0.2) is 0 Å². The molecule has 1 saturated carbocycles. The van der Waals surface area contributed by atoms with Crippen LogP contribution >= 0.6 is 0 Å². The van der Waals surface area contributed by atoms with E-state index in [1.807, 2.05) is 48.5 Å². The summed E-state index contributed by atoms with van der Waals surface area (Å²) in [6.45, 7) is 0.542. The van der Waals surface area contributed by atoms with Crippen LogP contribution in [0.2, 0.25) is 0 Å². The molecule has 2 saturated heterocycles. The smallest absolute Gasteiger partial charge is 0.253 e. The van der Waals surface area contributed by atoms with Crippen LogP contribution in [0.15, 0.2) is 48.5 Å². The van der Waals surface area contributed by atoms with Gasteiger partial charge in [-0.25, -0.2) is 0 Å². The van der Waals surface area contributed by atoms with Crippen molar-refractivity contribution in [2.45, 2.75) is 37.3 Å². The number of aliphatic hydroxyl groups excluding tert-OH is 1. The van der Waals surface area contributed by atoms with Gasteiger partial charge in [-0.15, -0.1) is 0 Å². The minimum Gasteiger partial charge on any atom is -0.394 e. The van der Waals surface area contributed by atoms with Gasteiger partial charge in [-0.1, -0.05) is 36.4 Å². The molecule has 2 aromatic rings. The van der Waals surface area contributed by atoms with Crippen molar-refractivity contribution in [2.75, 3.05) is 33.8 Å². The largest absolute Gasteiger partial charge is 0.394 e. The Bertz CT molecular complexity index is 1110. The number of carbonyl (C=O) groups excluding carboxylic acids is 3. The molecule has 0 bridgehead atoms. The Hall–Kier alpha value is -3.19. The molecule has 2 heterocycles. The highest BCUT2D eigenvalue weighted by atomic mass is 16.3. The van der Waals surface area contributed by atoms with Crippen molar-refractivity contribution in [2.24, 2.45) is 5.92 Å². The van der Waals surface area contributed by atoms with E-state index in [9.17, 15) is 19.5 Å². The van der Waals surface area contributed by atoms with E-state index in [0.29, 0.717) is 24.4 Å². The highest BCUT2D eigenvalue weighted by Crippen LogP contribution is 2.43. The third-order valence-electron chi connectivity index (χ3n) is 7.41. The summed E-state index contributed by atoms with van der Waals surface area (Å²) in [5, 5.41) is 10.0. The maximum atomic E-state index is 12.8. The van der Waals surface area contributed by atoms with Crippen molar-refractivity contribution in [3.63, 3.8) is 0 Å². The first-order valence-electron chi connectivity index (χ1n) is 12.0. The van der Waals surface area contributed by atoms with Crippen LogP contribution in [0.3, 0.4) is 0 Å². The van der Waals surface area contributed by atoms with E-state index < -0.39 is 0 Å². The lowest BCUT2D eigenvalue weighted by Gasteiger charge is -2.58. The minimum atomic E-state index is -0.259. The molecule has 2 aliphatic heterocycles. The maximum Gasteiger partial charge on any atom is 0.253 e. The minimum absolute atomic E-state index is 0.0128. The average Bonchev–Trinajstić information content (AvgIpc) is 3.64. The fourth-order valence-corrected chi connectivity index (χ4v) is 5.38. The molecule has 3 atom stereocenters. The molecule has 178 valence electrons. The number of amides is 3. The van der Waals surface area contributed by atoms with Crippen LogP contribution in [0, 0.1) is 5.92 Å². The molecule has 34 heavy (non-hydrogen) atoms. The lowest BCUT2D eigenvalue weighted by molar-refractivity contribution is -0.167. The van der Waals surface area contributed by atoms with Crippen LogP contribution in [-0.4, -0.2) is 83.4 Å². The van der Waals surface area contributed by atoms with Gasteiger partial charge in [-0.2, -0.15) is 0 Å². The van der Waals surface area contributed by atoms with Gasteiger partial charge in [0.25, 0.3) is 5.91 Å². The van der Waals surface area contributed by atoms with E-state index in [-0.39, 0.29) is 48.9 Å². The van der Waals surface area contributed by atoms with Crippen LogP contribution in [0.25, 0.3) is 11.1 Å². The zero-order chi connectivity index (χ0) is 24.0. The number of carbonyl (C=O) groups is 3. The van der Waals surface area contributed by atoms with Gasteiger partial charge >= 0.3 is 0 Å². The normalized spacial score (nSPS) is 23.9. The number of piperazine rings is 1. The number of benzene rings is 2. The average molecular weight is 462 g/mol. The van der Waals surface area contributed by atoms with Gasteiger partial charge in [-0.05, 0) is 47.6 Å². The first-order chi connectivity index (χ1) is 16.4.